The van der Waals surface area contributed by atoms with Crippen LogP contribution in [-0.4, -0.2) is 43.0 Å². The fourth-order valence-corrected chi connectivity index (χ4v) is 2.84. The molecule has 25 heavy (non-hydrogen) atoms. The first kappa shape index (κ1) is 17.4. The number of aryl methyl sites for hydroxylation is 2. The van der Waals surface area contributed by atoms with Crippen LogP contribution in [0.1, 0.15) is 23.6 Å². The normalized spacial score (nSPS) is 15.8. The number of nitrogens with zero attached hydrogens (tertiary/aromatic N) is 3. The van der Waals surface area contributed by atoms with Gasteiger partial charge in [-0.25, -0.2) is 9.98 Å². The third-order valence-electron chi connectivity index (χ3n) is 4.53. The molecule has 132 valence electrons. The van der Waals surface area contributed by atoms with Crippen LogP contribution in [0, 0.1) is 13.8 Å². The fraction of sp³-hybridized carbons (Fsp3) is 0.400. The number of pyridine rings is 1. The van der Waals surface area contributed by atoms with Crippen LogP contribution in [0.3, 0.4) is 0 Å². The molecule has 5 nitrogen and oxygen atoms in total. The molecule has 0 atom stereocenters. The Bertz CT molecular complexity index is 755. The minimum atomic E-state index is -0.467. The van der Waals surface area contributed by atoms with Crippen molar-refractivity contribution in [3.05, 3.63) is 53.2 Å². The van der Waals surface area contributed by atoms with Crippen molar-refractivity contribution in [3.8, 4) is 5.88 Å². The average molecular weight is 339 g/mol. The van der Waals surface area contributed by atoms with E-state index in [1.54, 1.807) is 6.20 Å². The molecule has 0 radical (unpaired) electrons. The van der Waals surface area contributed by atoms with Gasteiger partial charge in [0.05, 0.1) is 25.2 Å². The molecule has 0 bridgehead atoms. The van der Waals surface area contributed by atoms with E-state index >= 15 is 0 Å². The van der Waals surface area contributed by atoms with E-state index in [1.165, 1.54) is 0 Å². The summed E-state index contributed by atoms with van der Waals surface area (Å²) in [4.78, 5) is 10.9. The van der Waals surface area contributed by atoms with E-state index < -0.39 is 5.60 Å². The molecule has 0 N–H and O–H groups in total. The number of benzene rings is 1. The molecule has 1 aromatic heterocycles. The van der Waals surface area contributed by atoms with Crippen LogP contribution in [0.15, 0.2) is 41.5 Å². The molecular formula is C20H25N3O2. The summed E-state index contributed by atoms with van der Waals surface area (Å²) in [5, 5.41) is 0. The summed E-state index contributed by atoms with van der Waals surface area (Å²) < 4.78 is 11.7. The summed E-state index contributed by atoms with van der Waals surface area (Å²) in [5.41, 5.74) is 3.93. The summed E-state index contributed by atoms with van der Waals surface area (Å²) in [5.74, 6) is 0.620. The standard InChI is InChI=1S/C20H25N3O2/c1-5-23(4)14-22-18-11-15(2)17(10-16(18)3)20(12-24-13-20)25-19-8-6-7-9-21-19/h6-11,14H,5,12-13H2,1-4H3. The Hall–Kier alpha value is -2.40. The monoisotopic (exact) mass is 339 g/mol. The van der Waals surface area contributed by atoms with Crippen molar-refractivity contribution in [1.82, 2.24) is 9.88 Å². The predicted molar refractivity (Wildman–Crippen MR) is 99.7 cm³/mol. The number of rotatable bonds is 6. The highest BCUT2D eigenvalue weighted by molar-refractivity contribution is 5.64. The molecule has 0 spiro atoms. The van der Waals surface area contributed by atoms with Crippen LogP contribution >= 0.6 is 0 Å². The number of hydrogen-bond acceptors (Lipinski definition) is 4. The number of aliphatic imine (C=N–C) groups is 1. The van der Waals surface area contributed by atoms with Gasteiger partial charge in [0.25, 0.3) is 0 Å². The van der Waals surface area contributed by atoms with Gasteiger partial charge in [0.2, 0.25) is 5.88 Å². The van der Waals surface area contributed by atoms with Crippen LogP contribution in [0.25, 0.3) is 0 Å². The summed E-state index contributed by atoms with van der Waals surface area (Å²) in [7, 11) is 2.02. The fourth-order valence-electron chi connectivity index (χ4n) is 2.84. The zero-order valence-corrected chi connectivity index (χ0v) is 15.3. The second-order valence-electron chi connectivity index (χ2n) is 6.53. The van der Waals surface area contributed by atoms with Gasteiger partial charge in [-0.05, 0) is 50.1 Å². The Morgan fingerprint density at radius 2 is 2.08 bits per heavy atom. The number of aromatic nitrogens is 1. The summed E-state index contributed by atoms with van der Waals surface area (Å²) in [6.07, 6.45) is 3.61. The minimum Gasteiger partial charge on any atom is -0.461 e. The quantitative estimate of drug-likeness (QED) is 0.596. The Labute approximate surface area is 149 Å². The van der Waals surface area contributed by atoms with Gasteiger partial charge in [-0.15, -0.1) is 0 Å². The largest absolute Gasteiger partial charge is 0.461 e. The van der Waals surface area contributed by atoms with Crippen molar-refractivity contribution in [3.63, 3.8) is 0 Å². The summed E-state index contributed by atoms with van der Waals surface area (Å²) in [6.45, 7) is 8.27. The maximum atomic E-state index is 6.23. The second kappa shape index (κ2) is 7.23. The van der Waals surface area contributed by atoms with E-state index in [9.17, 15) is 0 Å². The van der Waals surface area contributed by atoms with Crippen molar-refractivity contribution in [2.24, 2.45) is 4.99 Å². The Kier molecular flexibility index (Phi) is 5.04. The van der Waals surface area contributed by atoms with Crippen LogP contribution in [0.4, 0.5) is 5.69 Å². The van der Waals surface area contributed by atoms with Gasteiger partial charge in [0.15, 0.2) is 5.60 Å². The van der Waals surface area contributed by atoms with Gasteiger partial charge in [0.1, 0.15) is 0 Å². The van der Waals surface area contributed by atoms with Gasteiger partial charge >= 0.3 is 0 Å². The molecule has 0 amide bonds. The molecule has 1 aliphatic heterocycles. The highest BCUT2D eigenvalue weighted by Crippen LogP contribution is 2.38. The van der Waals surface area contributed by atoms with Gasteiger partial charge in [-0.1, -0.05) is 6.07 Å². The third-order valence-corrected chi connectivity index (χ3v) is 4.53. The molecule has 1 saturated heterocycles. The average Bonchev–Trinajstić information content (AvgIpc) is 2.59. The number of hydrogen-bond donors (Lipinski definition) is 0. The molecule has 0 aliphatic carbocycles. The lowest BCUT2D eigenvalue weighted by Gasteiger charge is -2.42. The van der Waals surface area contributed by atoms with E-state index in [-0.39, 0.29) is 0 Å². The van der Waals surface area contributed by atoms with Crippen molar-refractivity contribution in [2.45, 2.75) is 26.4 Å². The Morgan fingerprint density at radius 1 is 1.28 bits per heavy atom. The Balaban J connectivity index is 1.91. The lowest BCUT2D eigenvalue weighted by atomic mass is 9.86. The summed E-state index contributed by atoms with van der Waals surface area (Å²) in [6, 6.07) is 9.97. The van der Waals surface area contributed by atoms with Gasteiger partial charge in [0, 0.05) is 31.4 Å². The maximum absolute atomic E-state index is 6.23. The van der Waals surface area contributed by atoms with Crippen LogP contribution < -0.4 is 4.74 Å². The smallest absolute Gasteiger partial charge is 0.214 e. The van der Waals surface area contributed by atoms with E-state index in [0.717, 1.165) is 28.9 Å². The highest BCUT2D eigenvalue weighted by Gasteiger charge is 2.44. The van der Waals surface area contributed by atoms with Gasteiger partial charge in [-0.2, -0.15) is 0 Å². The topological polar surface area (TPSA) is 47.0 Å². The van der Waals surface area contributed by atoms with E-state index in [1.807, 2.05) is 36.5 Å². The van der Waals surface area contributed by atoms with Gasteiger partial charge in [-0.3, -0.25) is 0 Å². The molecular weight excluding hydrogens is 314 g/mol. The first-order valence-electron chi connectivity index (χ1n) is 8.58. The van der Waals surface area contributed by atoms with Gasteiger partial charge < -0.3 is 14.4 Å². The lowest BCUT2D eigenvalue weighted by Crippen LogP contribution is -2.52. The summed E-state index contributed by atoms with van der Waals surface area (Å²) >= 11 is 0. The van der Waals surface area contributed by atoms with E-state index in [4.69, 9.17) is 9.47 Å². The molecule has 2 heterocycles. The van der Waals surface area contributed by atoms with E-state index in [0.29, 0.717) is 19.1 Å². The second-order valence-corrected chi connectivity index (χ2v) is 6.53. The Morgan fingerprint density at radius 3 is 2.68 bits per heavy atom. The first-order valence-corrected chi connectivity index (χ1v) is 8.58. The minimum absolute atomic E-state index is 0.467. The van der Waals surface area contributed by atoms with Crippen LogP contribution in [0.2, 0.25) is 0 Å². The third kappa shape index (κ3) is 3.66. The van der Waals surface area contributed by atoms with Crippen molar-refractivity contribution >= 4 is 12.0 Å². The zero-order chi connectivity index (χ0) is 17.9. The van der Waals surface area contributed by atoms with Crippen molar-refractivity contribution < 1.29 is 9.47 Å². The molecule has 0 unspecified atom stereocenters. The molecule has 0 saturated carbocycles. The van der Waals surface area contributed by atoms with Crippen molar-refractivity contribution in [2.75, 3.05) is 26.8 Å². The molecule has 5 heteroatoms. The number of ether oxygens (including phenoxy) is 2. The molecule has 1 aromatic carbocycles. The lowest BCUT2D eigenvalue weighted by molar-refractivity contribution is -0.169. The molecule has 1 fully saturated rings. The predicted octanol–water partition coefficient (Wildman–Crippen LogP) is 3.61. The van der Waals surface area contributed by atoms with Crippen molar-refractivity contribution in [1.29, 1.82) is 0 Å². The van der Waals surface area contributed by atoms with E-state index in [2.05, 4.69) is 42.9 Å². The maximum Gasteiger partial charge on any atom is 0.214 e. The van der Waals surface area contributed by atoms with Crippen LogP contribution in [0.5, 0.6) is 5.88 Å². The van der Waals surface area contributed by atoms with Crippen LogP contribution in [-0.2, 0) is 10.3 Å². The molecule has 3 rings (SSSR count). The molecule has 1 aliphatic rings. The zero-order valence-electron chi connectivity index (χ0n) is 15.3. The first-order chi connectivity index (χ1) is 12.0. The highest BCUT2D eigenvalue weighted by atomic mass is 16.6. The SMILES string of the molecule is CCN(C)C=Nc1cc(C)c(C2(Oc3ccccn3)COC2)cc1C. The molecule has 2 aromatic rings.